The molecule has 5 nitrogen and oxygen atoms in total. The maximum atomic E-state index is 12.8. The molecule has 0 fully saturated rings. The number of rotatable bonds is 5. The first-order valence-electron chi connectivity index (χ1n) is 9.10. The Hall–Kier alpha value is -3.07. The van der Waals surface area contributed by atoms with Crippen LogP contribution in [0.1, 0.15) is 52.9 Å². The number of hydrogen-bond acceptors (Lipinski definition) is 5. The Morgan fingerprint density at radius 1 is 1.06 bits per heavy atom. The molecule has 9 heteroatoms. The topological polar surface area (TPSA) is 83.5 Å². The predicted octanol–water partition coefficient (Wildman–Crippen LogP) is 4.00. The van der Waals surface area contributed by atoms with E-state index in [0.29, 0.717) is 22.3 Å². The van der Waals surface area contributed by atoms with E-state index in [9.17, 15) is 31.5 Å². The van der Waals surface area contributed by atoms with Crippen molar-refractivity contribution in [2.45, 2.75) is 31.2 Å². The van der Waals surface area contributed by atoms with E-state index in [0.717, 1.165) is 0 Å². The summed E-state index contributed by atoms with van der Waals surface area (Å²) in [5.74, 6) is -1.72. The SMILES string of the molecule is C=C(c1ccc(C(=O)[O-])cc1)c1ccc2c(c1)C(OS(=O)(=O)C(F)(F)F)=CCC2(C)C. The van der Waals surface area contributed by atoms with E-state index >= 15 is 0 Å². The zero-order valence-electron chi connectivity index (χ0n) is 16.6. The molecular formula is C22H18F3O5S-. The third-order valence-corrected chi connectivity index (χ3v) is 6.08. The van der Waals surface area contributed by atoms with E-state index in [2.05, 4.69) is 10.8 Å². The summed E-state index contributed by atoms with van der Waals surface area (Å²) in [5, 5.41) is 10.9. The number of carboxylic acids is 1. The Bertz CT molecular complexity index is 1190. The van der Waals surface area contributed by atoms with Gasteiger partial charge in [-0.2, -0.15) is 21.6 Å². The van der Waals surface area contributed by atoms with E-state index in [4.69, 9.17) is 0 Å². The molecule has 0 saturated heterocycles. The highest BCUT2D eigenvalue weighted by molar-refractivity contribution is 7.87. The first kappa shape index (κ1) is 22.6. The summed E-state index contributed by atoms with van der Waals surface area (Å²) in [7, 11) is -5.83. The molecule has 3 rings (SSSR count). The molecule has 0 saturated carbocycles. The number of allylic oxidation sites excluding steroid dienone is 1. The van der Waals surface area contributed by atoms with E-state index in [1.54, 1.807) is 12.1 Å². The average Bonchev–Trinajstić information content (AvgIpc) is 2.68. The van der Waals surface area contributed by atoms with Crippen LogP contribution in [0.4, 0.5) is 13.2 Å². The fourth-order valence-corrected chi connectivity index (χ4v) is 3.80. The van der Waals surface area contributed by atoms with Crippen LogP contribution in [-0.4, -0.2) is 19.9 Å². The molecule has 0 unspecified atom stereocenters. The highest BCUT2D eigenvalue weighted by atomic mass is 32.2. The second-order valence-corrected chi connectivity index (χ2v) is 9.28. The van der Waals surface area contributed by atoms with Crippen LogP contribution in [0, 0.1) is 0 Å². The van der Waals surface area contributed by atoms with Gasteiger partial charge in [-0.25, -0.2) is 0 Å². The standard InChI is InChI=1S/C22H19F3O5S/c1-13(14-4-6-15(7-5-14)20(26)27)16-8-9-18-17(12-16)19(10-11-21(18,2)3)30-31(28,29)22(23,24)25/h4-10,12H,1,11H2,2-3H3,(H,26,27)/p-1. The number of benzene rings is 2. The number of carbonyl (C=O) groups is 1. The molecule has 31 heavy (non-hydrogen) atoms. The van der Waals surface area contributed by atoms with Gasteiger partial charge in [-0.3, -0.25) is 0 Å². The zero-order chi connectivity index (χ0) is 23.2. The minimum atomic E-state index is -5.83. The molecule has 0 spiro atoms. The van der Waals surface area contributed by atoms with Crippen molar-refractivity contribution in [3.05, 3.63) is 82.9 Å². The molecule has 0 bridgehead atoms. The summed E-state index contributed by atoms with van der Waals surface area (Å²) in [6.45, 7) is 7.73. The van der Waals surface area contributed by atoms with E-state index in [1.807, 2.05) is 13.8 Å². The van der Waals surface area contributed by atoms with Crippen molar-refractivity contribution in [1.29, 1.82) is 0 Å². The molecular weight excluding hydrogens is 433 g/mol. The minimum absolute atomic E-state index is 0.0142. The fraction of sp³-hybridized carbons (Fsp3) is 0.227. The molecule has 1 aliphatic carbocycles. The van der Waals surface area contributed by atoms with Gasteiger partial charge in [0.2, 0.25) is 0 Å². The van der Waals surface area contributed by atoms with Gasteiger partial charge in [-0.15, -0.1) is 0 Å². The highest BCUT2D eigenvalue weighted by Crippen LogP contribution is 2.42. The maximum absolute atomic E-state index is 12.8. The van der Waals surface area contributed by atoms with Gasteiger partial charge in [0.25, 0.3) is 0 Å². The Morgan fingerprint density at radius 2 is 1.61 bits per heavy atom. The van der Waals surface area contributed by atoms with Crippen molar-refractivity contribution in [3.8, 4) is 0 Å². The Morgan fingerprint density at radius 3 is 2.16 bits per heavy atom. The monoisotopic (exact) mass is 451 g/mol. The largest absolute Gasteiger partial charge is 0.545 e. The quantitative estimate of drug-likeness (QED) is 0.507. The van der Waals surface area contributed by atoms with Crippen molar-refractivity contribution in [2.75, 3.05) is 0 Å². The van der Waals surface area contributed by atoms with Crippen LogP contribution in [-0.2, 0) is 19.7 Å². The van der Waals surface area contributed by atoms with Crippen LogP contribution in [0.25, 0.3) is 11.3 Å². The fourth-order valence-electron chi connectivity index (χ4n) is 3.31. The van der Waals surface area contributed by atoms with Gasteiger partial charge in [0.1, 0.15) is 5.76 Å². The lowest BCUT2D eigenvalue weighted by Gasteiger charge is -2.32. The molecule has 2 aromatic rings. The number of halogens is 3. The molecule has 164 valence electrons. The molecule has 0 N–H and O–H groups in total. The van der Waals surface area contributed by atoms with Crippen molar-refractivity contribution >= 4 is 27.4 Å². The predicted molar refractivity (Wildman–Crippen MR) is 107 cm³/mol. The van der Waals surface area contributed by atoms with Crippen LogP contribution in [0.2, 0.25) is 0 Å². The third kappa shape index (κ3) is 4.36. The Labute approximate surface area is 177 Å². The smallest absolute Gasteiger partial charge is 0.534 e. The summed E-state index contributed by atoms with van der Waals surface area (Å²) in [6.07, 6.45) is 1.61. The molecule has 0 amide bonds. The van der Waals surface area contributed by atoms with Crippen LogP contribution < -0.4 is 5.11 Å². The van der Waals surface area contributed by atoms with Crippen LogP contribution in [0.3, 0.4) is 0 Å². The van der Waals surface area contributed by atoms with Gasteiger partial charge >= 0.3 is 15.6 Å². The second-order valence-electron chi connectivity index (χ2n) is 7.74. The molecule has 1 aliphatic rings. The van der Waals surface area contributed by atoms with Crippen LogP contribution in [0.5, 0.6) is 0 Å². The number of aromatic carboxylic acids is 1. The summed E-state index contributed by atoms with van der Waals surface area (Å²) in [6, 6.07) is 10.7. The summed E-state index contributed by atoms with van der Waals surface area (Å²) < 4.78 is 66.1. The maximum Gasteiger partial charge on any atom is 0.534 e. The number of carboxylic acid groups (broad SMARTS) is 1. The van der Waals surface area contributed by atoms with Gasteiger partial charge in [0, 0.05) is 5.56 Å². The molecule has 0 radical (unpaired) electrons. The van der Waals surface area contributed by atoms with Gasteiger partial charge in [-0.1, -0.05) is 56.8 Å². The molecule has 2 aromatic carbocycles. The van der Waals surface area contributed by atoms with E-state index in [-0.39, 0.29) is 17.5 Å². The number of hydrogen-bond donors (Lipinski definition) is 0. The molecule has 0 atom stereocenters. The summed E-state index contributed by atoms with van der Waals surface area (Å²) >= 11 is 0. The summed E-state index contributed by atoms with van der Waals surface area (Å²) in [5.41, 5.74) is -3.62. The molecule has 0 heterocycles. The number of fused-ring (bicyclic) bond motifs is 1. The normalized spacial score (nSPS) is 15.6. The van der Waals surface area contributed by atoms with Crippen molar-refractivity contribution in [1.82, 2.24) is 0 Å². The van der Waals surface area contributed by atoms with Gasteiger partial charge in [0.15, 0.2) is 0 Å². The van der Waals surface area contributed by atoms with E-state index < -0.39 is 32.8 Å². The lowest BCUT2D eigenvalue weighted by atomic mass is 9.74. The zero-order valence-corrected chi connectivity index (χ0v) is 17.4. The lowest BCUT2D eigenvalue weighted by Crippen LogP contribution is -2.28. The van der Waals surface area contributed by atoms with Gasteiger partial charge in [-0.05, 0) is 51.8 Å². The van der Waals surface area contributed by atoms with Gasteiger partial charge in [0.05, 0.1) is 5.97 Å². The molecule has 0 aromatic heterocycles. The van der Waals surface area contributed by atoms with Crippen molar-refractivity contribution in [2.24, 2.45) is 0 Å². The second kappa shape index (κ2) is 7.56. The molecule has 0 aliphatic heterocycles. The number of carbonyl (C=O) groups excluding carboxylic acids is 1. The van der Waals surface area contributed by atoms with E-state index in [1.165, 1.54) is 36.4 Å². The Balaban J connectivity index is 2.04. The van der Waals surface area contributed by atoms with Crippen LogP contribution in [0.15, 0.2) is 55.1 Å². The Kier molecular flexibility index (Phi) is 5.52. The third-order valence-electron chi connectivity index (χ3n) is 5.11. The first-order chi connectivity index (χ1) is 14.2. The summed E-state index contributed by atoms with van der Waals surface area (Å²) in [4.78, 5) is 10.9. The highest BCUT2D eigenvalue weighted by Gasteiger charge is 2.49. The first-order valence-corrected chi connectivity index (χ1v) is 10.5. The van der Waals surface area contributed by atoms with Crippen molar-refractivity contribution in [3.63, 3.8) is 0 Å². The lowest BCUT2D eigenvalue weighted by molar-refractivity contribution is -0.255. The minimum Gasteiger partial charge on any atom is -0.545 e. The average molecular weight is 451 g/mol. The van der Waals surface area contributed by atoms with Crippen molar-refractivity contribution < 1.29 is 35.7 Å². The van der Waals surface area contributed by atoms with Crippen LogP contribution >= 0.6 is 0 Å². The van der Waals surface area contributed by atoms with Gasteiger partial charge < -0.3 is 14.1 Å². The number of alkyl halides is 3.